The zero-order chi connectivity index (χ0) is 29.7. The molecule has 1 rings (SSSR count). The van der Waals surface area contributed by atoms with Crippen LogP contribution in [0.2, 0.25) is 0 Å². The van der Waals surface area contributed by atoms with Crippen LogP contribution in [0, 0.1) is 11.8 Å². The van der Waals surface area contributed by atoms with E-state index >= 15 is 0 Å². The molecule has 0 aromatic carbocycles. The lowest BCUT2D eigenvalue weighted by molar-refractivity contribution is -0.135. The summed E-state index contributed by atoms with van der Waals surface area (Å²) in [5.41, 5.74) is 0.586. The molecular weight excluding hydrogens is 510 g/mol. The first kappa shape index (κ1) is 33.2. The van der Waals surface area contributed by atoms with E-state index in [1.165, 1.54) is 20.2 Å². The first-order chi connectivity index (χ1) is 18.3. The number of aliphatic hydroxyl groups excluding tert-OH is 1. The smallest absolute Gasteiger partial charge is 0.245 e. The van der Waals surface area contributed by atoms with Crippen molar-refractivity contribution in [3.8, 4) is 0 Å². The van der Waals surface area contributed by atoms with Crippen molar-refractivity contribution in [1.82, 2.24) is 36.6 Å². The number of nitrogens with one attached hydrogen (secondary N) is 6. The van der Waals surface area contributed by atoms with Gasteiger partial charge in [0.1, 0.15) is 30.5 Å². The maximum absolute atomic E-state index is 13.2. The molecular formula is C25H41N7O7. The SMILES string of the molecule is CC(=O)N[C@@H](CO)C(=O)N[C@@H](C)C(=O)N[C@H](C(=O)N[C@@H](CC(C)C)C(=O)N[C@H](C=O)Cc1c[nH]cn1)C(C)C. The monoisotopic (exact) mass is 551 g/mol. The fraction of sp³-hybridized carbons (Fsp3) is 0.640. The van der Waals surface area contributed by atoms with Gasteiger partial charge in [0, 0.05) is 19.5 Å². The van der Waals surface area contributed by atoms with Crippen LogP contribution < -0.4 is 26.6 Å². The number of carbonyl (C=O) groups excluding carboxylic acids is 6. The molecule has 1 aromatic rings. The summed E-state index contributed by atoms with van der Waals surface area (Å²) in [4.78, 5) is 80.9. The molecule has 218 valence electrons. The van der Waals surface area contributed by atoms with Gasteiger partial charge in [-0.05, 0) is 25.2 Å². The summed E-state index contributed by atoms with van der Waals surface area (Å²) in [6.07, 6.45) is 4.12. The molecule has 0 radical (unpaired) electrons. The summed E-state index contributed by atoms with van der Waals surface area (Å²) < 4.78 is 0. The van der Waals surface area contributed by atoms with Crippen molar-refractivity contribution in [3.63, 3.8) is 0 Å². The predicted molar refractivity (Wildman–Crippen MR) is 141 cm³/mol. The van der Waals surface area contributed by atoms with Crippen LogP contribution in [-0.2, 0) is 35.2 Å². The van der Waals surface area contributed by atoms with Crippen LogP contribution in [0.5, 0.6) is 0 Å². The second-order valence-corrected chi connectivity index (χ2v) is 10.1. The van der Waals surface area contributed by atoms with Crippen LogP contribution >= 0.6 is 0 Å². The lowest BCUT2D eigenvalue weighted by atomic mass is 9.99. The van der Waals surface area contributed by atoms with E-state index in [4.69, 9.17) is 0 Å². The molecule has 14 nitrogen and oxygen atoms in total. The first-order valence-corrected chi connectivity index (χ1v) is 12.8. The molecule has 0 saturated carbocycles. The van der Waals surface area contributed by atoms with Gasteiger partial charge in [-0.3, -0.25) is 24.0 Å². The van der Waals surface area contributed by atoms with Crippen LogP contribution in [0.4, 0.5) is 0 Å². The molecule has 0 saturated heterocycles. The van der Waals surface area contributed by atoms with Crippen LogP contribution in [0.25, 0.3) is 0 Å². The third-order valence-corrected chi connectivity index (χ3v) is 5.69. The quantitative estimate of drug-likeness (QED) is 0.118. The van der Waals surface area contributed by atoms with E-state index < -0.39 is 66.4 Å². The maximum Gasteiger partial charge on any atom is 0.245 e. The van der Waals surface area contributed by atoms with Crippen LogP contribution in [0.15, 0.2) is 12.5 Å². The maximum atomic E-state index is 13.2. The van der Waals surface area contributed by atoms with Crippen molar-refractivity contribution in [1.29, 1.82) is 0 Å². The Morgan fingerprint density at radius 3 is 2.03 bits per heavy atom. The third-order valence-electron chi connectivity index (χ3n) is 5.69. The number of H-pyrrole nitrogens is 1. The average molecular weight is 552 g/mol. The van der Waals surface area contributed by atoms with Crippen LogP contribution in [0.1, 0.15) is 53.7 Å². The number of carbonyl (C=O) groups is 6. The van der Waals surface area contributed by atoms with Crippen molar-refractivity contribution < 1.29 is 33.9 Å². The van der Waals surface area contributed by atoms with E-state index in [2.05, 4.69) is 36.6 Å². The van der Waals surface area contributed by atoms with E-state index in [-0.39, 0.29) is 24.7 Å². The number of aromatic nitrogens is 2. The molecule has 14 heteroatoms. The minimum absolute atomic E-state index is 0.0208. The van der Waals surface area contributed by atoms with Crippen molar-refractivity contribution in [2.45, 2.75) is 84.6 Å². The number of aromatic amines is 1. The lowest BCUT2D eigenvalue weighted by Crippen LogP contribution is -2.59. The van der Waals surface area contributed by atoms with Gasteiger partial charge in [0.15, 0.2) is 0 Å². The molecule has 1 aromatic heterocycles. The number of amides is 5. The van der Waals surface area contributed by atoms with Gasteiger partial charge in [-0.1, -0.05) is 27.7 Å². The molecule has 1 heterocycles. The van der Waals surface area contributed by atoms with Gasteiger partial charge >= 0.3 is 0 Å². The molecule has 39 heavy (non-hydrogen) atoms. The van der Waals surface area contributed by atoms with Gasteiger partial charge < -0.3 is 41.5 Å². The van der Waals surface area contributed by atoms with Gasteiger partial charge in [0.25, 0.3) is 0 Å². The molecule has 0 aliphatic heterocycles. The molecule has 5 amide bonds. The molecule has 0 unspecified atom stereocenters. The van der Waals surface area contributed by atoms with E-state index in [9.17, 15) is 33.9 Å². The summed E-state index contributed by atoms with van der Waals surface area (Å²) in [5.74, 6) is -3.50. The Morgan fingerprint density at radius 1 is 0.897 bits per heavy atom. The second-order valence-electron chi connectivity index (χ2n) is 10.1. The van der Waals surface area contributed by atoms with Crippen LogP contribution in [0.3, 0.4) is 0 Å². The number of nitrogens with zero attached hydrogens (tertiary/aromatic N) is 1. The minimum Gasteiger partial charge on any atom is -0.394 e. The Kier molecular flexibility index (Phi) is 13.8. The minimum atomic E-state index is -1.24. The standard InChI is InChI=1S/C25H41N7O7/c1-13(2)7-19(23(37)30-18(10-33)8-17-9-26-12-27-17)31-25(39)21(14(3)4)32-22(36)15(5)28-24(38)20(11-34)29-16(6)35/h9-10,12-15,18-21,34H,7-8,11H2,1-6H3,(H,26,27)(H,28,38)(H,29,35)(H,30,37)(H,31,39)(H,32,36)/t15-,18-,19-,20-,21-/m0/s1. The molecule has 0 aliphatic rings. The van der Waals surface area contributed by atoms with Crippen LogP contribution in [-0.4, -0.2) is 87.7 Å². The fourth-order valence-electron chi connectivity index (χ4n) is 3.64. The summed E-state index contributed by atoms with van der Waals surface area (Å²) >= 11 is 0. The first-order valence-electron chi connectivity index (χ1n) is 12.8. The second kappa shape index (κ2) is 16.2. The highest BCUT2D eigenvalue weighted by Crippen LogP contribution is 2.09. The molecule has 0 bridgehead atoms. The summed E-state index contributed by atoms with van der Waals surface area (Å²) in [6, 6.07) is -5.20. The Hall–Kier alpha value is -3.81. The largest absolute Gasteiger partial charge is 0.394 e. The summed E-state index contributed by atoms with van der Waals surface area (Å²) in [6.45, 7) is 9.07. The molecule has 7 N–H and O–H groups in total. The van der Waals surface area contributed by atoms with Crippen molar-refractivity contribution in [2.24, 2.45) is 11.8 Å². The van der Waals surface area contributed by atoms with Gasteiger partial charge in [0.05, 0.1) is 24.7 Å². The highest BCUT2D eigenvalue weighted by atomic mass is 16.3. The zero-order valence-corrected chi connectivity index (χ0v) is 23.2. The van der Waals surface area contributed by atoms with Crippen molar-refractivity contribution in [3.05, 3.63) is 18.2 Å². The number of hydrogen-bond donors (Lipinski definition) is 7. The van der Waals surface area contributed by atoms with E-state index in [0.717, 1.165) is 0 Å². The van der Waals surface area contributed by atoms with Crippen molar-refractivity contribution in [2.75, 3.05) is 6.61 Å². The van der Waals surface area contributed by atoms with E-state index in [0.29, 0.717) is 12.0 Å². The van der Waals surface area contributed by atoms with E-state index in [1.807, 2.05) is 13.8 Å². The summed E-state index contributed by atoms with van der Waals surface area (Å²) in [5, 5.41) is 21.9. The van der Waals surface area contributed by atoms with Gasteiger partial charge in [-0.15, -0.1) is 0 Å². The van der Waals surface area contributed by atoms with Crippen molar-refractivity contribution >= 4 is 35.8 Å². The number of aldehydes is 1. The van der Waals surface area contributed by atoms with E-state index in [1.54, 1.807) is 20.0 Å². The zero-order valence-electron chi connectivity index (χ0n) is 23.2. The third kappa shape index (κ3) is 11.6. The molecule has 0 spiro atoms. The average Bonchev–Trinajstić information content (AvgIpc) is 3.36. The predicted octanol–water partition coefficient (Wildman–Crippen LogP) is -1.69. The summed E-state index contributed by atoms with van der Waals surface area (Å²) in [7, 11) is 0. The highest BCUT2D eigenvalue weighted by Gasteiger charge is 2.32. The number of imidazole rings is 1. The van der Waals surface area contributed by atoms with Gasteiger partial charge in [-0.2, -0.15) is 0 Å². The Labute approximate surface area is 227 Å². The molecule has 0 fully saturated rings. The number of hydrogen-bond acceptors (Lipinski definition) is 8. The Morgan fingerprint density at radius 2 is 1.54 bits per heavy atom. The lowest BCUT2D eigenvalue weighted by Gasteiger charge is -2.28. The highest BCUT2D eigenvalue weighted by molar-refractivity contribution is 5.95. The van der Waals surface area contributed by atoms with Gasteiger partial charge in [0.2, 0.25) is 29.5 Å². The molecule has 5 atom stereocenters. The normalized spacial score (nSPS) is 14.9. The number of rotatable bonds is 16. The fourth-order valence-corrected chi connectivity index (χ4v) is 3.64. The van der Waals surface area contributed by atoms with Gasteiger partial charge in [-0.25, -0.2) is 4.98 Å². The topological polar surface area (TPSA) is 211 Å². The Balaban J connectivity index is 2.89. The molecule has 0 aliphatic carbocycles. The Bertz CT molecular complexity index is 981. The number of aliphatic hydroxyl groups is 1.